The van der Waals surface area contributed by atoms with Gasteiger partial charge in [-0.2, -0.15) is 0 Å². The van der Waals surface area contributed by atoms with E-state index in [0.717, 1.165) is 11.5 Å². The molecular weight excluding hydrogens is 577 g/mol. The molecule has 0 N–H and O–H groups in total. The summed E-state index contributed by atoms with van der Waals surface area (Å²) in [7, 11) is -7.07. The molecule has 2 rings (SSSR count). The first-order valence-electron chi connectivity index (χ1n) is 15.4. The van der Waals surface area contributed by atoms with Gasteiger partial charge in [0, 0.05) is 0 Å². The molecule has 0 aromatic heterocycles. The lowest BCUT2D eigenvalue weighted by atomic mass is 9.82. The molecule has 42 heavy (non-hydrogen) atoms. The molecule has 0 aliphatic rings. The molecule has 230 valence electrons. The first-order chi connectivity index (χ1) is 18.8. The van der Waals surface area contributed by atoms with Crippen LogP contribution in [-0.2, 0) is 0 Å². The van der Waals surface area contributed by atoms with E-state index in [2.05, 4.69) is 178 Å². The fourth-order valence-corrected chi connectivity index (χ4v) is 6.93. The molecule has 0 amide bonds. The maximum atomic E-state index is 6.61. The van der Waals surface area contributed by atoms with Gasteiger partial charge in [0.25, 0.3) is 0 Å². The van der Waals surface area contributed by atoms with Crippen molar-refractivity contribution in [1.82, 2.24) is 0 Å². The van der Waals surface area contributed by atoms with Crippen molar-refractivity contribution < 1.29 is 8.85 Å². The van der Waals surface area contributed by atoms with E-state index in [-0.39, 0.29) is 21.9 Å². The van der Waals surface area contributed by atoms with Gasteiger partial charge in [0.15, 0.2) is 0 Å². The van der Waals surface area contributed by atoms with Gasteiger partial charge in [0.05, 0.1) is 11.8 Å². The Balaban J connectivity index is 2.62. The van der Waals surface area contributed by atoms with E-state index < -0.39 is 32.8 Å². The van der Waals surface area contributed by atoms with Crippen LogP contribution in [0.3, 0.4) is 0 Å². The summed E-state index contributed by atoms with van der Waals surface area (Å²) < 4.78 is 13.2. The van der Waals surface area contributed by atoms with Crippen LogP contribution in [0.1, 0.15) is 64.5 Å². The van der Waals surface area contributed by atoms with Crippen LogP contribution in [-0.4, -0.2) is 32.8 Å². The van der Waals surface area contributed by atoms with Gasteiger partial charge in [-0.25, -0.2) is 0 Å². The quantitative estimate of drug-likeness (QED) is 0.223. The lowest BCUT2D eigenvalue weighted by Crippen LogP contribution is -2.43. The van der Waals surface area contributed by atoms with Crippen LogP contribution in [0.2, 0.25) is 75.5 Å². The number of hydrogen-bond donors (Lipinski definition) is 0. The number of benzene rings is 2. The molecule has 0 saturated heterocycles. The third kappa shape index (κ3) is 10.6. The number of hydrogen-bond acceptors (Lipinski definition) is 2. The smallest absolute Gasteiger partial charge is 0.250 e. The summed E-state index contributed by atoms with van der Waals surface area (Å²) >= 11 is 0. The van der Waals surface area contributed by atoms with Gasteiger partial charge < -0.3 is 8.85 Å². The molecule has 0 bridgehead atoms. The second kappa shape index (κ2) is 12.9. The molecule has 0 heterocycles. The molecule has 2 aromatic rings. The Morgan fingerprint density at radius 2 is 0.738 bits per heavy atom. The highest BCUT2D eigenvalue weighted by molar-refractivity contribution is 6.84. The molecule has 0 fully saturated rings. The molecule has 0 radical (unpaired) electrons. The fraction of sp³-hybridized carbons (Fsp3) is 0.556. The molecule has 2 unspecified atom stereocenters. The molecule has 2 aromatic carbocycles. The second-order valence-electron chi connectivity index (χ2n) is 16.9. The largest absolute Gasteiger partial charge is 0.544 e. The van der Waals surface area contributed by atoms with Crippen LogP contribution in [0, 0.1) is 22.9 Å². The lowest BCUT2D eigenvalue weighted by Gasteiger charge is -2.36. The van der Waals surface area contributed by atoms with E-state index in [4.69, 9.17) is 8.85 Å². The van der Waals surface area contributed by atoms with Crippen molar-refractivity contribution in [2.24, 2.45) is 0 Å². The van der Waals surface area contributed by atoms with Gasteiger partial charge >= 0.3 is 0 Å². The average molecular weight is 635 g/mol. The zero-order valence-corrected chi connectivity index (χ0v) is 33.6. The molecule has 2 nitrogen and oxygen atoms in total. The van der Waals surface area contributed by atoms with Gasteiger partial charge in [0.2, 0.25) is 16.6 Å². The van der Waals surface area contributed by atoms with E-state index in [1.807, 2.05) is 0 Å². The number of rotatable bonds is 7. The molecule has 2 atom stereocenters. The SMILES string of the molecule is CC(C)(C)[Si](C)(C)Oc1ccc(C(C#C[Si](C)(C)C)C(C#C[Si](C)(C)C)c2ccc(O[Si](C)(C)C(C)(C)C)cc2)cc1. The van der Waals surface area contributed by atoms with Crippen molar-refractivity contribution in [3.05, 3.63) is 59.7 Å². The highest BCUT2D eigenvalue weighted by Gasteiger charge is 2.40. The van der Waals surface area contributed by atoms with Gasteiger partial charge in [0.1, 0.15) is 27.6 Å². The normalized spacial score (nSPS) is 14.6. The van der Waals surface area contributed by atoms with E-state index in [0.29, 0.717) is 0 Å². The molecule has 0 aliphatic carbocycles. The maximum Gasteiger partial charge on any atom is 0.250 e. The Labute approximate surface area is 263 Å². The molecule has 6 heteroatoms. The fourth-order valence-electron chi connectivity index (χ4n) is 3.69. The zero-order valence-electron chi connectivity index (χ0n) is 29.6. The summed E-state index contributed by atoms with van der Waals surface area (Å²) in [6.07, 6.45) is 0. The molecule has 0 spiro atoms. The average Bonchev–Trinajstić information content (AvgIpc) is 2.79. The minimum Gasteiger partial charge on any atom is -0.544 e. The van der Waals surface area contributed by atoms with Crippen molar-refractivity contribution in [3.8, 4) is 34.4 Å². The summed E-state index contributed by atoms with van der Waals surface area (Å²) in [5.74, 6) is 9.31. The zero-order chi connectivity index (χ0) is 32.4. The van der Waals surface area contributed by atoms with E-state index in [1.54, 1.807) is 0 Å². The van der Waals surface area contributed by atoms with Crippen LogP contribution in [0.5, 0.6) is 11.5 Å². The summed E-state index contributed by atoms with van der Waals surface area (Å²) in [4.78, 5) is 0. The van der Waals surface area contributed by atoms with Crippen LogP contribution < -0.4 is 8.85 Å². The first-order valence-corrected chi connectivity index (χ1v) is 28.3. The Morgan fingerprint density at radius 3 is 0.952 bits per heavy atom. The van der Waals surface area contributed by atoms with E-state index in [1.165, 1.54) is 11.1 Å². The summed E-state index contributed by atoms with van der Waals surface area (Å²) in [6.45, 7) is 36.7. The third-order valence-corrected chi connectivity index (χ3v) is 18.9. The highest BCUT2D eigenvalue weighted by Crippen LogP contribution is 2.40. The Hall–Kier alpha value is -1.97. The van der Waals surface area contributed by atoms with Crippen LogP contribution in [0.25, 0.3) is 0 Å². The summed E-state index contributed by atoms with van der Waals surface area (Å²) in [6, 6.07) is 17.4. The van der Waals surface area contributed by atoms with Crippen molar-refractivity contribution >= 4 is 32.8 Å². The van der Waals surface area contributed by atoms with Crippen molar-refractivity contribution in [2.45, 2.75) is 129 Å². The highest BCUT2D eigenvalue weighted by atomic mass is 28.4. The first kappa shape index (κ1) is 36.2. The van der Waals surface area contributed by atoms with Gasteiger partial charge in [-0.3, -0.25) is 0 Å². The topological polar surface area (TPSA) is 18.5 Å². The standard InChI is InChI=1S/C36H58O2Si4/c1-35(2,3)41(13,14)37-31-21-17-29(18-22-31)33(25-27-39(7,8)9)34(26-28-40(10,11)12)30-19-23-32(24-20-30)38-42(15,16)36(4,5)6/h17-24,33-34H,1-16H3. The Bertz CT molecular complexity index is 1200. The van der Waals surface area contributed by atoms with Crippen LogP contribution in [0.4, 0.5) is 0 Å². The van der Waals surface area contributed by atoms with Crippen molar-refractivity contribution in [2.75, 3.05) is 0 Å². The maximum absolute atomic E-state index is 6.61. The Morgan fingerprint density at radius 1 is 0.476 bits per heavy atom. The second-order valence-corrected chi connectivity index (χ2v) is 35.8. The summed E-state index contributed by atoms with van der Waals surface area (Å²) in [5.41, 5.74) is 9.77. The molecular formula is C36H58O2Si4. The van der Waals surface area contributed by atoms with E-state index in [9.17, 15) is 0 Å². The van der Waals surface area contributed by atoms with Crippen molar-refractivity contribution in [3.63, 3.8) is 0 Å². The minimum atomic E-state index is -1.92. The lowest BCUT2D eigenvalue weighted by molar-refractivity contribution is 0.491. The Kier molecular flexibility index (Phi) is 11.2. The van der Waals surface area contributed by atoms with Crippen molar-refractivity contribution in [1.29, 1.82) is 0 Å². The van der Waals surface area contributed by atoms with Gasteiger partial charge in [-0.1, -0.05) is 105 Å². The summed E-state index contributed by atoms with van der Waals surface area (Å²) in [5, 5.41) is 0.296. The monoisotopic (exact) mass is 634 g/mol. The van der Waals surface area contributed by atoms with E-state index >= 15 is 0 Å². The van der Waals surface area contributed by atoms with Crippen LogP contribution >= 0.6 is 0 Å². The predicted molar refractivity (Wildman–Crippen MR) is 196 cm³/mol. The van der Waals surface area contributed by atoms with Gasteiger partial charge in [-0.05, 0) is 71.7 Å². The molecule has 0 aliphatic heterocycles. The molecule has 0 saturated carbocycles. The third-order valence-electron chi connectivity index (χ3n) is 8.38. The minimum absolute atomic E-state index is 0.0327. The van der Waals surface area contributed by atoms with Gasteiger partial charge in [-0.15, -0.1) is 22.9 Å². The van der Waals surface area contributed by atoms with Crippen LogP contribution in [0.15, 0.2) is 48.5 Å². The predicted octanol–water partition coefficient (Wildman–Crippen LogP) is 11.1.